The summed E-state index contributed by atoms with van der Waals surface area (Å²) in [5.41, 5.74) is 11.0. The van der Waals surface area contributed by atoms with Crippen molar-refractivity contribution in [3.63, 3.8) is 0 Å². The Hall–Kier alpha value is -2.36. The lowest BCUT2D eigenvalue weighted by Gasteiger charge is -2.46. The number of amides is 2. The van der Waals surface area contributed by atoms with Gasteiger partial charge in [0.05, 0.1) is 18.7 Å². The smallest absolute Gasteiger partial charge is 0.229 e. The lowest BCUT2D eigenvalue weighted by Crippen LogP contribution is -2.73. The number of hydrogen-bond donors (Lipinski definition) is 4. The molecule has 10 heteroatoms. The van der Waals surface area contributed by atoms with Crippen LogP contribution in [0.1, 0.15) is 19.3 Å². The second kappa shape index (κ2) is 4.57. The van der Waals surface area contributed by atoms with Crippen LogP contribution in [0.25, 0.3) is 0 Å². The molecule has 0 aliphatic carbocycles. The molecule has 1 spiro atoms. The zero-order valence-electron chi connectivity index (χ0n) is 12.5. The molecular weight excluding hydrogens is 302 g/mol. The van der Waals surface area contributed by atoms with Gasteiger partial charge in [0.25, 0.3) is 0 Å². The van der Waals surface area contributed by atoms with Crippen molar-refractivity contribution in [2.75, 3.05) is 13.1 Å². The van der Waals surface area contributed by atoms with Gasteiger partial charge in [-0.1, -0.05) is 0 Å². The standard InChI is InChI=1S/C13H19N7O3/c14-11-17-10-6(5-19-8(22)1-2-9(19)23)16-12(15)20-4-3-7(21)13(10,20)18-11/h6-7,10,21H,1-5H2,(H2,15,16)(H3,14,17,18)/t6-,7+,10?,13?/m0/s1. The van der Waals surface area contributed by atoms with Gasteiger partial charge >= 0.3 is 0 Å². The van der Waals surface area contributed by atoms with Crippen LogP contribution in [0, 0.1) is 0 Å². The van der Waals surface area contributed by atoms with E-state index < -0.39 is 23.9 Å². The van der Waals surface area contributed by atoms with Gasteiger partial charge in [-0.2, -0.15) is 0 Å². The number of nitrogens with zero attached hydrogens (tertiary/aromatic N) is 4. The summed E-state index contributed by atoms with van der Waals surface area (Å²) in [6, 6.07) is -1.04. The molecular formula is C13H19N7O3. The lowest BCUT2D eigenvalue weighted by atomic mass is 9.88. The molecule has 4 heterocycles. The molecule has 4 atom stereocenters. The molecule has 0 radical (unpaired) electrons. The van der Waals surface area contributed by atoms with Gasteiger partial charge in [-0.05, 0) is 6.42 Å². The molecule has 4 rings (SSSR count). The van der Waals surface area contributed by atoms with Gasteiger partial charge in [0.2, 0.25) is 11.8 Å². The van der Waals surface area contributed by atoms with Gasteiger partial charge in [-0.15, -0.1) is 0 Å². The fourth-order valence-corrected chi connectivity index (χ4v) is 4.05. The number of aliphatic hydroxyl groups is 1. The summed E-state index contributed by atoms with van der Waals surface area (Å²) in [6.07, 6.45) is 0.230. The number of hydrogen-bond acceptors (Lipinski definition) is 9. The van der Waals surface area contributed by atoms with E-state index in [1.807, 2.05) is 0 Å². The van der Waals surface area contributed by atoms with Gasteiger partial charge in [0.15, 0.2) is 17.6 Å². The molecule has 4 aliphatic heterocycles. The Balaban J connectivity index is 1.70. The first-order valence-corrected chi connectivity index (χ1v) is 7.67. The highest BCUT2D eigenvalue weighted by molar-refractivity contribution is 6.02. The van der Waals surface area contributed by atoms with Crippen molar-refractivity contribution < 1.29 is 14.7 Å². The van der Waals surface area contributed by atoms with Crippen LogP contribution in [0.5, 0.6) is 0 Å². The van der Waals surface area contributed by atoms with Crippen LogP contribution in [0.3, 0.4) is 0 Å². The van der Waals surface area contributed by atoms with Crippen molar-refractivity contribution in [1.29, 1.82) is 0 Å². The molecule has 10 nitrogen and oxygen atoms in total. The highest BCUT2D eigenvalue weighted by Crippen LogP contribution is 2.39. The molecule has 4 aliphatic rings. The Morgan fingerprint density at radius 2 is 1.96 bits per heavy atom. The molecule has 2 fully saturated rings. The minimum atomic E-state index is -0.938. The van der Waals surface area contributed by atoms with E-state index in [1.54, 1.807) is 4.90 Å². The third-order valence-corrected chi connectivity index (χ3v) is 5.10. The first kappa shape index (κ1) is 14.2. The van der Waals surface area contributed by atoms with Gasteiger partial charge in [-0.25, -0.2) is 9.98 Å². The molecule has 0 saturated carbocycles. The number of imide groups is 1. The highest BCUT2D eigenvalue weighted by Gasteiger charge is 2.62. The normalized spacial score (nSPS) is 39.1. The van der Waals surface area contributed by atoms with Crippen molar-refractivity contribution in [2.45, 2.75) is 43.1 Å². The predicted octanol–water partition coefficient (Wildman–Crippen LogP) is -3.12. The number of likely N-dealkylation sites (tertiary alicyclic amines) is 1. The average molecular weight is 321 g/mol. The SMILES string of the molecule is NC1=NC2[C@H](CN3C(=O)CCC3=O)N=C(N)N3CC[C@@H](O)C23N1. The van der Waals surface area contributed by atoms with Gasteiger partial charge in [0.1, 0.15) is 6.04 Å². The Kier molecular flexibility index (Phi) is 2.83. The molecule has 124 valence electrons. The molecule has 6 N–H and O–H groups in total. The quantitative estimate of drug-likeness (QED) is 0.393. The largest absolute Gasteiger partial charge is 0.389 e. The van der Waals surface area contributed by atoms with Gasteiger partial charge < -0.3 is 26.8 Å². The van der Waals surface area contributed by atoms with Crippen molar-refractivity contribution in [3.8, 4) is 0 Å². The maximum absolute atomic E-state index is 11.9. The number of guanidine groups is 2. The third kappa shape index (κ3) is 1.78. The van der Waals surface area contributed by atoms with Crippen LogP contribution in [-0.4, -0.2) is 75.6 Å². The number of rotatable bonds is 2. The van der Waals surface area contributed by atoms with E-state index in [9.17, 15) is 14.7 Å². The van der Waals surface area contributed by atoms with E-state index in [0.29, 0.717) is 13.0 Å². The van der Waals surface area contributed by atoms with Crippen LogP contribution in [0.15, 0.2) is 9.98 Å². The summed E-state index contributed by atoms with van der Waals surface area (Å²) >= 11 is 0. The van der Waals surface area contributed by atoms with E-state index in [1.165, 1.54) is 4.90 Å². The second-order valence-electron chi connectivity index (χ2n) is 6.32. The van der Waals surface area contributed by atoms with E-state index in [0.717, 1.165) is 0 Å². The van der Waals surface area contributed by atoms with Crippen LogP contribution >= 0.6 is 0 Å². The number of aliphatic imine (C=N–C) groups is 2. The van der Waals surface area contributed by atoms with Crippen molar-refractivity contribution >= 4 is 23.7 Å². The summed E-state index contributed by atoms with van der Waals surface area (Å²) < 4.78 is 0. The van der Waals surface area contributed by atoms with Crippen molar-refractivity contribution in [2.24, 2.45) is 21.5 Å². The molecule has 23 heavy (non-hydrogen) atoms. The molecule has 0 aromatic heterocycles. The molecule has 0 aromatic rings. The topological polar surface area (TPSA) is 150 Å². The summed E-state index contributed by atoms with van der Waals surface area (Å²) in [5.74, 6) is 0.0412. The van der Waals surface area contributed by atoms with Gasteiger partial charge in [-0.3, -0.25) is 14.5 Å². The van der Waals surface area contributed by atoms with Crippen molar-refractivity contribution in [3.05, 3.63) is 0 Å². The first-order chi connectivity index (χ1) is 10.9. The zero-order valence-corrected chi connectivity index (χ0v) is 12.5. The van der Waals surface area contributed by atoms with E-state index >= 15 is 0 Å². The fraction of sp³-hybridized carbons (Fsp3) is 0.692. The maximum Gasteiger partial charge on any atom is 0.229 e. The predicted molar refractivity (Wildman–Crippen MR) is 80.0 cm³/mol. The molecule has 2 amide bonds. The number of nitrogens with one attached hydrogen (secondary N) is 1. The van der Waals surface area contributed by atoms with E-state index in [4.69, 9.17) is 11.5 Å². The number of nitrogens with two attached hydrogens (primary N) is 2. The van der Waals surface area contributed by atoms with Gasteiger partial charge in [0, 0.05) is 19.4 Å². The van der Waals surface area contributed by atoms with E-state index in [2.05, 4.69) is 15.3 Å². The zero-order chi connectivity index (χ0) is 16.4. The Bertz CT molecular complexity index is 631. The molecule has 0 bridgehead atoms. The lowest BCUT2D eigenvalue weighted by molar-refractivity contribution is -0.138. The Labute approximate surface area is 132 Å². The number of carbonyl (C=O) groups is 2. The summed E-state index contributed by atoms with van der Waals surface area (Å²) in [6.45, 7) is 0.640. The molecule has 2 saturated heterocycles. The molecule has 0 aromatic carbocycles. The average Bonchev–Trinajstić information content (AvgIpc) is 3.12. The Morgan fingerprint density at radius 3 is 2.65 bits per heavy atom. The minimum absolute atomic E-state index is 0.101. The van der Waals surface area contributed by atoms with Crippen LogP contribution in [-0.2, 0) is 9.59 Å². The van der Waals surface area contributed by atoms with E-state index in [-0.39, 0.29) is 43.1 Å². The summed E-state index contributed by atoms with van der Waals surface area (Å²) in [5, 5.41) is 13.6. The second-order valence-corrected chi connectivity index (χ2v) is 6.32. The maximum atomic E-state index is 11.9. The summed E-state index contributed by atoms with van der Waals surface area (Å²) in [4.78, 5) is 35.5. The van der Waals surface area contributed by atoms with Crippen LogP contribution in [0.4, 0.5) is 0 Å². The minimum Gasteiger partial charge on any atom is -0.389 e. The summed E-state index contributed by atoms with van der Waals surface area (Å²) in [7, 11) is 0. The van der Waals surface area contributed by atoms with Crippen LogP contribution < -0.4 is 16.8 Å². The monoisotopic (exact) mass is 321 g/mol. The van der Waals surface area contributed by atoms with Crippen LogP contribution in [0.2, 0.25) is 0 Å². The molecule has 2 unspecified atom stereocenters. The van der Waals surface area contributed by atoms with Crippen molar-refractivity contribution in [1.82, 2.24) is 15.1 Å². The first-order valence-electron chi connectivity index (χ1n) is 7.67. The number of aliphatic hydroxyl groups excluding tert-OH is 1. The number of carbonyl (C=O) groups excluding carboxylic acids is 2. The Morgan fingerprint density at radius 1 is 1.26 bits per heavy atom. The third-order valence-electron chi connectivity index (χ3n) is 5.10. The fourth-order valence-electron chi connectivity index (χ4n) is 4.05. The highest BCUT2D eigenvalue weighted by atomic mass is 16.3.